The summed E-state index contributed by atoms with van der Waals surface area (Å²) in [6.45, 7) is -1.11. The highest BCUT2D eigenvalue weighted by molar-refractivity contribution is 14.1. The highest BCUT2D eigenvalue weighted by Gasteiger charge is 2.21. The summed E-state index contributed by atoms with van der Waals surface area (Å²) >= 11 is 1.69. The van der Waals surface area contributed by atoms with Crippen LogP contribution in [-0.2, 0) is 11.3 Å². The van der Waals surface area contributed by atoms with Crippen LogP contribution in [0.3, 0.4) is 0 Å². The van der Waals surface area contributed by atoms with E-state index in [1.807, 2.05) is 30.3 Å². The first-order valence-electron chi connectivity index (χ1n) is 7.64. The number of benzene rings is 2. The lowest BCUT2D eigenvalue weighted by molar-refractivity contribution is -0.149. The van der Waals surface area contributed by atoms with Gasteiger partial charge >= 0.3 is 12.6 Å². The molecule has 2 atom stereocenters. The third kappa shape index (κ3) is 6.41. The third-order valence-corrected chi connectivity index (χ3v) is 4.61. The monoisotopic (exact) mass is 478 g/mol. The summed E-state index contributed by atoms with van der Waals surface area (Å²) in [5.41, 5.74) is 0.888. The molecule has 8 heteroatoms. The molecule has 1 unspecified atom stereocenters. The van der Waals surface area contributed by atoms with Gasteiger partial charge in [-0.1, -0.05) is 30.3 Å². The number of hydrogen-bond donors (Lipinski definition) is 1. The first-order chi connectivity index (χ1) is 12.3. The van der Waals surface area contributed by atoms with Crippen LogP contribution in [0, 0.1) is 0 Å². The number of rotatable bonds is 9. The number of alkyl halides is 3. The zero-order valence-corrected chi connectivity index (χ0v) is 15.9. The summed E-state index contributed by atoms with van der Waals surface area (Å²) in [7, 11) is 0. The Hall–Kier alpha value is -1.94. The number of hydrogen-bond acceptors (Lipinski definition) is 4. The summed E-state index contributed by atoms with van der Waals surface area (Å²) in [6, 6.07) is 13.6. The van der Waals surface area contributed by atoms with E-state index in [-0.39, 0.29) is 17.9 Å². The Kier molecular flexibility index (Phi) is 7.58. The molecule has 0 saturated heterocycles. The summed E-state index contributed by atoms with van der Waals surface area (Å²) < 4.78 is 39.3. The lowest BCUT2D eigenvalue weighted by Gasteiger charge is -2.21. The van der Waals surface area contributed by atoms with Crippen LogP contribution < -0.4 is 9.47 Å². The molecule has 0 aliphatic carbocycles. The van der Waals surface area contributed by atoms with Crippen LogP contribution in [-0.4, -0.2) is 27.9 Å². The maximum Gasteiger partial charge on any atom is 0.346 e. The minimum atomic E-state index is -2.92. The van der Waals surface area contributed by atoms with Gasteiger partial charge in [0.05, 0.1) is 5.56 Å². The number of carboxylic acid groups (broad SMARTS) is 1. The summed E-state index contributed by atoms with van der Waals surface area (Å²) in [5, 5.41) is 9.24. The van der Waals surface area contributed by atoms with Crippen LogP contribution in [0.5, 0.6) is 11.5 Å². The first-order valence-corrected chi connectivity index (χ1v) is 8.89. The van der Waals surface area contributed by atoms with E-state index in [4.69, 9.17) is 9.47 Å². The maximum atomic E-state index is 12.3. The molecule has 0 aliphatic heterocycles. The van der Waals surface area contributed by atoms with Crippen molar-refractivity contribution >= 4 is 28.6 Å². The van der Waals surface area contributed by atoms with Gasteiger partial charge in [-0.05, 0) is 47.2 Å². The Labute approximate surface area is 163 Å². The Morgan fingerprint density at radius 3 is 2.42 bits per heavy atom. The molecule has 26 heavy (non-hydrogen) atoms. The van der Waals surface area contributed by atoms with Gasteiger partial charge in [-0.25, -0.2) is 4.79 Å². The summed E-state index contributed by atoms with van der Waals surface area (Å²) in [4.78, 5) is 11.3. The predicted octanol–water partition coefficient (Wildman–Crippen LogP) is 4.73. The lowest BCUT2D eigenvalue weighted by Crippen LogP contribution is -2.28. The number of carbonyl (C=O) groups is 1. The van der Waals surface area contributed by atoms with Crippen LogP contribution >= 0.6 is 22.6 Å². The van der Waals surface area contributed by atoms with E-state index in [9.17, 15) is 18.7 Å². The van der Waals surface area contributed by atoms with Crippen LogP contribution in [0.15, 0.2) is 48.5 Å². The summed E-state index contributed by atoms with van der Waals surface area (Å²) in [6.07, 6.45) is -0.726. The van der Waals surface area contributed by atoms with Crippen LogP contribution in [0.1, 0.15) is 22.8 Å². The van der Waals surface area contributed by atoms with Crippen molar-refractivity contribution in [3.63, 3.8) is 0 Å². The van der Waals surface area contributed by atoms with E-state index in [2.05, 4.69) is 4.74 Å². The van der Waals surface area contributed by atoms with Crippen molar-refractivity contribution in [2.75, 3.05) is 0 Å². The molecule has 5 nitrogen and oxygen atoms in total. The van der Waals surface area contributed by atoms with E-state index in [1.54, 1.807) is 29.5 Å². The van der Waals surface area contributed by atoms with Gasteiger partial charge in [0, 0.05) is 6.07 Å². The van der Waals surface area contributed by atoms with Gasteiger partial charge in [0.15, 0.2) is 4.11 Å². The SMILES string of the molecule is C[C@H](Oc1cc(OCc2ccccc2)cc(C(=O)O)c1)C(I)OC(F)F. The Balaban J connectivity index is 2.12. The maximum absolute atomic E-state index is 12.3. The van der Waals surface area contributed by atoms with Crippen LogP contribution in [0.25, 0.3) is 0 Å². The molecule has 0 bridgehead atoms. The smallest absolute Gasteiger partial charge is 0.346 e. The van der Waals surface area contributed by atoms with E-state index >= 15 is 0 Å². The van der Waals surface area contributed by atoms with E-state index in [0.717, 1.165) is 5.56 Å². The van der Waals surface area contributed by atoms with Crippen molar-refractivity contribution in [1.82, 2.24) is 0 Å². The zero-order valence-electron chi connectivity index (χ0n) is 13.8. The van der Waals surface area contributed by atoms with Crippen molar-refractivity contribution in [2.45, 2.75) is 30.4 Å². The molecule has 0 radical (unpaired) electrons. The van der Waals surface area contributed by atoms with Gasteiger partial charge in [0.1, 0.15) is 24.2 Å². The Bertz CT molecular complexity index is 727. The van der Waals surface area contributed by atoms with Crippen molar-refractivity contribution in [2.24, 2.45) is 0 Å². The predicted molar refractivity (Wildman–Crippen MR) is 99.2 cm³/mol. The fourth-order valence-electron chi connectivity index (χ4n) is 2.06. The number of carboxylic acids is 1. The Morgan fingerprint density at radius 1 is 1.15 bits per heavy atom. The molecule has 2 aromatic rings. The molecule has 0 fully saturated rings. The second-order valence-electron chi connectivity index (χ2n) is 5.34. The summed E-state index contributed by atoms with van der Waals surface area (Å²) in [5.74, 6) is -0.654. The van der Waals surface area contributed by atoms with Crippen molar-refractivity contribution in [1.29, 1.82) is 0 Å². The normalized spacial score (nSPS) is 13.3. The van der Waals surface area contributed by atoms with Gasteiger partial charge in [-0.15, -0.1) is 0 Å². The number of halogens is 3. The highest BCUT2D eigenvalue weighted by atomic mass is 127. The second-order valence-corrected chi connectivity index (χ2v) is 6.57. The van der Waals surface area contributed by atoms with Crippen molar-refractivity contribution < 1.29 is 32.9 Å². The molecule has 1 N–H and O–H groups in total. The molecule has 140 valence electrons. The average molecular weight is 478 g/mol. The van der Waals surface area contributed by atoms with Gasteiger partial charge < -0.3 is 19.3 Å². The van der Waals surface area contributed by atoms with Gasteiger partial charge in [0.25, 0.3) is 0 Å². The lowest BCUT2D eigenvalue weighted by atomic mass is 10.2. The fraction of sp³-hybridized carbons (Fsp3) is 0.278. The minimum absolute atomic E-state index is 0.0300. The van der Waals surface area contributed by atoms with Crippen LogP contribution in [0.2, 0.25) is 0 Å². The molecule has 0 amide bonds. The topological polar surface area (TPSA) is 65.0 Å². The van der Waals surface area contributed by atoms with Crippen LogP contribution in [0.4, 0.5) is 8.78 Å². The zero-order chi connectivity index (χ0) is 19.1. The molecular weight excluding hydrogens is 461 g/mol. The quantitative estimate of drug-likeness (QED) is 0.417. The molecule has 0 saturated carbocycles. The van der Waals surface area contributed by atoms with E-state index in [0.29, 0.717) is 5.75 Å². The molecule has 0 spiro atoms. The van der Waals surface area contributed by atoms with E-state index in [1.165, 1.54) is 18.2 Å². The van der Waals surface area contributed by atoms with Gasteiger partial charge in [-0.3, -0.25) is 0 Å². The number of aromatic carboxylic acids is 1. The molecule has 0 aromatic heterocycles. The molecular formula is C18H17F2IO5. The standard InChI is InChI=1S/C18H17F2IO5/c1-11(16(21)26-18(19)20)25-15-8-13(17(22)23)7-14(9-15)24-10-12-5-3-2-4-6-12/h2-9,11,16,18H,10H2,1H3,(H,22,23)/t11-,16?/m0/s1. The Morgan fingerprint density at radius 2 is 1.81 bits per heavy atom. The third-order valence-electron chi connectivity index (χ3n) is 3.30. The van der Waals surface area contributed by atoms with Crippen molar-refractivity contribution in [3.8, 4) is 11.5 Å². The van der Waals surface area contributed by atoms with E-state index < -0.39 is 22.8 Å². The molecule has 0 aliphatic rings. The second kappa shape index (κ2) is 9.67. The van der Waals surface area contributed by atoms with Crippen molar-refractivity contribution in [3.05, 3.63) is 59.7 Å². The largest absolute Gasteiger partial charge is 0.489 e. The number of ether oxygens (including phenoxy) is 3. The fourth-order valence-corrected chi connectivity index (χ4v) is 2.43. The molecule has 2 rings (SSSR count). The average Bonchev–Trinajstić information content (AvgIpc) is 2.60. The highest BCUT2D eigenvalue weighted by Crippen LogP contribution is 2.26. The van der Waals surface area contributed by atoms with Gasteiger partial charge in [-0.2, -0.15) is 8.78 Å². The minimum Gasteiger partial charge on any atom is -0.489 e. The molecule has 0 heterocycles. The first kappa shape index (κ1) is 20.4. The van der Waals surface area contributed by atoms with Gasteiger partial charge in [0.2, 0.25) is 0 Å². The molecule has 2 aromatic carbocycles.